The fourth-order valence-corrected chi connectivity index (χ4v) is 5.66. The molecule has 3 fully saturated rings. The molecule has 2 atom stereocenters. The summed E-state index contributed by atoms with van der Waals surface area (Å²) < 4.78 is 17.7. The third-order valence-corrected chi connectivity index (χ3v) is 7.64. The van der Waals surface area contributed by atoms with E-state index in [1.54, 1.807) is 0 Å². The van der Waals surface area contributed by atoms with Gasteiger partial charge in [-0.3, -0.25) is 4.90 Å². The second kappa shape index (κ2) is 9.14. The Balaban J connectivity index is 1.35. The van der Waals surface area contributed by atoms with Crippen LogP contribution in [0.1, 0.15) is 50.8 Å². The molecule has 1 amide bonds. The van der Waals surface area contributed by atoms with E-state index in [4.69, 9.17) is 14.2 Å². The molecule has 6 nitrogen and oxygen atoms in total. The van der Waals surface area contributed by atoms with E-state index in [0.717, 1.165) is 66.2 Å². The van der Waals surface area contributed by atoms with Crippen LogP contribution in [0.3, 0.4) is 0 Å². The van der Waals surface area contributed by atoms with Gasteiger partial charge in [0.05, 0.1) is 19.3 Å². The van der Waals surface area contributed by atoms with Gasteiger partial charge in [0.1, 0.15) is 17.6 Å². The van der Waals surface area contributed by atoms with Gasteiger partial charge < -0.3 is 19.5 Å². The van der Waals surface area contributed by atoms with Crippen molar-refractivity contribution in [2.45, 2.75) is 52.7 Å². The largest absolute Gasteiger partial charge is 0.494 e. The summed E-state index contributed by atoms with van der Waals surface area (Å²) in [4.78, 5) is 15.4. The molecule has 182 valence electrons. The van der Waals surface area contributed by atoms with Crippen molar-refractivity contribution in [3.05, 3.63) is 47.5 Å². The minimum atomic E-state index is -0.323. The Morgan fingerprint density at radius 2 is 1.97 bits per heavy atom. The van der Waals surface area contributed by atoms with Gasteiger partial charge in [-0.25, -0.2) is 4.79 Å². The zero-order valence-corrected chi connectivity index (χ0v) is 20.7. The van der Waals surface area contributed by atoms with Gasteiger partial charge in [0.2, 0.25) is 0 Å². The lowest BCUT2D eigenvalue weighted by Gasteiger charge is -2.44. The van der Waals surface area contributed by atoms with E-state index in [9.17, 15) is 4.79 Å². The lowest BCUT2D eigenvalue weighted by molar-refractivity contribution is -0.0361. The molecule has 0 aliphatic carbocycles. The average Bonchev–Trinajstić information content (AvgIpc) is 2.82. The van der Waals surface area contributed by atoms with E-state index in [1.807, 2.05) is 13.0 Å². The van der Waals surface area contributed by atoms with Gasteiger partial charge in [0, 0.05) is 17.5 Å². The molecule has 0 spiro atoms. The molecule has 6 rings (SSSR count). The number of hydrogen-bond acceptors (Lipinski definition) is 5. The number of piperidine rings is 3. The summed E-state index contributed by atoms with van der Waals surface area (Å²) in [6, 6.07) is 12.3. The van der Waals surface area contributed by atoms with Crippen LogP contribution in [0.15, 0.2) is 36.4 Å². The Labute approximate surface area is 202 Å². The summed E-state index contributed by atoms with van der Waals surface area (Å²) in [5.41, 5.74) is 4.13. The van der Waals surface area contributed by atoms with Crippen molar-refractivity contribution < 1.29 is 19.0 Å². The highest BCUT2D eigenvalue weighted by atomic mass is 16.6. The molecule has 2 bridgehead atoms. The predicted octanol–water partition coefficient (Wildman–Crippen LogP) is 5.34. The average molecular weight is 465 g/mol. The summed E-state index contributed by atoms with van der Waals surface area (Å²) in [6.45, 7) is 12.6. The van der Waals surface area contributed by atoms with Crippen LogP contribution >= 0.6 is 0 Å². The first kappa shape index (κ1) is 23.0. The first-order chi connectivity index (χ1) is 16.3. The summed E-state index contributed by atoms with van der Waals surface area (Å²) >= 11 is 0. The molecule has 4 aliphatic rings. The Kier molecular flexibility index (Phi) is 6.19. The van der Waals surface area contributed by atoms with Crippen LogP contribution in [0.2, 0.25) is 0 Å². The third kappa shape index (κ3) is 4.48. The summed E-state index contributed by atoms with van der Waals surface area (Å²) in [6.07, 6.45) is 1.92. The molecule has 3 saturated heterocycles. The van der Waals surface area contributed by atoms with Crippen molar-refractivity contribution in [3.8, 4) is 22.6 Å². The first-order valence-corrected chi connectivity index (χ1v) is 12.5. The molecule has 6 heteroatoms. The number of hydrogen-bond donors (Lipinski definition) is 1. The summed E-state index contributed by atoms with van der Waals surface area (Å²) in [5.74, 6) is 2.19. The standard InChI is InChI=1S/C28H36N2O4/c1-5-32-21-7-9-22(18(2)14-21)20-6-8-23-24(15-20)33-17-28(3,4)26(23)29-27(31)34-25-16-30-12-10-19(25)11-13-30/h6-9,14-15,19,25-26H,5,10-13,16-17H2,1-4H3,(H,29,31)/t25-,26?/m0/s1. The number of nitrogens with one attached hydrogen (secondary N) is 1. The SMILES string of the molecule is CCOc1ccc(-c2ccc3c(c2)OCC(C)(C)C3NC(=O)O[C@H]2CN3CCC2CC3)c(C)c1. The number of rotatable bonds is 5. The van der Waals surface area contributed by atoms with E-state index in [-0.39, 0.29) is 23.7 Å². The van der Waals surface area contributed by atoms with Gasteiger partial charge >= 0.3 is 6.09 Å². The number of amides is 1. The lowest BCUT2D eigenvalue weighted by atomic mass is 9.78. The van der Waals surface area contributed by atoms with E-state index in [1.165, 1.54) is 0 Å². The van der Waals surface area contributed by atoms with Crippen molar-refractivity contribution in [1.82, 2.24) is 10.2 Å². The van der Waals surface area contributed by atoms with Crippen LogP contribution in [0, 0.1) is 18.3 Å². The van der Waals surface area contributed by atoms with Crippen LogP contribution in [-0.2, 0) is 4.74 Å². The lowest BCUT2D eigenvalue weighted by Crippen LogP contribution is -2.53. The number of ether oxygens (including phenoxy) is 3. The smallest absolute Gasteiger partial charge is 0.407 e. The van der Waals surface area contributed by atoms with Crippen molar-refractivity contribution in [1.29, 1.82) is 0 Å². The third-order valence-electron chi connectivity index (χ3n) is 7.64. The topological polar surface area (TPSA) is 60.0 Å². The van der Waals surface area contributed by atoms with Crippen LogP contribution < -0.4 is 14.8 Å². The van der Waals surface area contributed by atoms with E-state index < -0.39 is 0 Å². The first-order valence-electron chi connectivity index (χ1n) is 12.5. The van der Waals surface area contributed by atoms with Gasteiger partial charge in [0.15, 0.2) is 0 Å². The Morgan fingerprint density at radius 1 is 1.18 bits per heavy atom. The monoisotopic (exact) mass is 464 g/mol. The van der Waals surface area contributed by atoms with Crippen molar-refractivity contribution in [2.24, 2.45) is 11.3 Å². The van der Waals surface area contributed by atoms with Crippen molar-refractivity contribution in [3.63, 3.8) is 0 Å². The van der Waals surface area contributed by atoms with Crippen molar-refractivity contribution in [2.75, 3.05) is 32.8 Å². The highest BCUT2D eigenvalue weighted by Crippen LogP contribution is 2.44. The second-order valence-corrected chi connectivity index (χ2v) is 10.6. The molecular weight excluding hydrogens is 428 g/mol. The zero-order chi connectivity index (χ0) is 23.9. The quantitative estimate of drug-likeness (QED) is 0.647. The van der Waals surface area contributed by atoms with E-state index >= 15 is 0 Å². The van der Waals surface area contributed by atoms with Crippen molar-refractivity contribution >= 4 is 6.09 Å². The molecule has 0 saturated carbocycles. The second-order valence-electron chi connectivity index (χ2n) is 10.6. The molecule has 1 unspecified atom stereocenters. The number of alkyl carbamates (subject to hydrolysis) is 1. The Morgan fingerprint density at radius 3 is 2.65 bits per heavy atom. The highest BCUT2D eigenvalue weighted by molar-refractivity contribution is 5.72. The van der Waals surface area contributed by atoms with Gasteiger partial charge in [0.25, 0.3) is 0 Å². The number of carbonyl (C=O) groups is 1. The maximum atomic E-state index is 13.0. The van der Waals surface area contributed by atoms with Crippen LogP contribution in [-0.4, -0.2) is 49.9 Å². The molecule has 0 aromatic heterocycles. The Hall–Kier alpha value is -2.73. The van der Waals surface area contributed by atoms with Crippen LogP contribution in [0.4, 0.5) is 4.79 Å². The number of benzene rings is 2. The fraction of sp³-hybridized carbons (Fsp3) is 0.536. The minimum Gasteiger partial charge on any atom is -0.494 e. The summed E-state index contributed by atoms with van der Waals surface area (Å²) in [7, 11) is 0. The van der Waals surface area contributed by atoms with Gasteiger partial charge in [-0.2, -0.15) is 0 Å². The van der Waals surface area contributed by atoms with Gasteiger partial charge in [-0.1, -0.05) is 32.0 Å². The molecule has 0 radical (unpaired) electrons. The maximum Gasteiger partial charge on any atom is 0.407 e. The van der Waals surface area contributed by atoms with Crippen LogP contribution in [0.5, 0.6) is 11.5 Å². The number of aryl methyl sites for hydroxylation is 1. The zero-order valence-electron chi connectivity index (χ0n) is 20.7. The molecule has 2 aromatic rings. The molecule has 1 N–H and O–H groups in total. The van der Waals surface area contributed by atoms with Crippen LogP contribution in [0.25, 0.3) is 11.1 Å². The van der Waals surface area contributed by atoms with E-state index in [0.29, 0.717) is 19.1 Å². The normalized spacial score (nSPS) is 26.8. The van der Waals surface area contributed by atoms with E-state index in [2.05, 4.69) is 61.3 Å². The molecule has 4 aliphatic heterocycles. The number of nitrogens with zero attached hydrogens (tertiary/aromatic N) is 1. The van der Waals surface area contributed by atoms with Gasteiger partial charge in [-0.05, 0) is 80.6 Å². The highest BCUT2D eigenvalue weighted by Gasteiger charge is 2.41. The minimum absolute atomic E-state index is 0.00469. The number of carbonyl (C=O) groups excluding carboxylic acids is 1. The Bertz CT molecular complexity index is 1060. The fourth-order valence-electron chi connectivity index (χ4n) is 5.66. The molecule has 4 heterocycles. The van der Waals surface area contributed by atoms with Gasteiger partial charge in [-0.15, -0.1) is 0 Å². The molecular formula is C28H36N2O4. The maximum absolute atomic E-state index is 13.0. The predicted molar refractivity (Wildman–Crippen MR) is 132 cm³/mol. The molecule has 2 aromatic carbocycles. The number of fused-ring (bicyclic) bond motifs is 4. The molecule has 34 heavy (non-hydrogen) atoms. The summed E-state index contributed by atoms with van der Waals surface area (Å²) in [5, 5.41) is 3.19.